The Balaban J connectivity index is 1.44. The van der Waals surface area contributed by atoms with Gasteiger partial charge in [0.2, 0.25) is 10.0 Å². The number of carbonyl (C=O) groups is 2. The highest BCUT2D eigenvalue weighted by Crippen LogP contribution is 2.75. The fraction of sp³-hybridized carbons (Fsp3) is 0.800. The van der Waals surface area contributed by atoms with E-state index in [1.165, 1.54) is 0 Å². The molecule has 6 aliphatic rings. The summed E-state index contributed by atoms with van der Waals surface area (Å²) in [5, 5.41) is 22.5. The fourth-order valence-electron chi connectivity index (χ4n) is 11.3. The minimum atomic E-state index is -3.62. The number of carbonyl (C=O) groups excluding carboxylic acids is 2. The molecule has 3 saturated carbocycles. The maximum absolute atomic E-state index is 14.7. The third-order valence-electron chi connectivity index (χ3n) is 14.2. The van der Waals surface area contributed by atoms with Gasteiger partial charge in [0, 0.05) is 40.9 Å². The molecule has 5 aliphatic carbocycles. The molecular formula is C35H50N2O6S. The van der Waals surface area contributed by atoms with Gasteiger partial charge >= 0.3 is 0 Å². The average Bonchev–Trinajstić information content (AvgIpc) is 2.95. The van der Waals surface area contributed by atoms with E-state index < -0.39 is 54.0 Å². The van der Waals surface area contributed by atoms with Crippen LogP contribution >= 0.6 is 0 Å². The van der Waals surface area contributed by atoms with Crippen molar-refractivity contribution in [3.8, 4) is 6.07 Å². The molecule has 0 spiro atoms. The number of ether oxygens (including phenoxy) is 1. The van der Waals surface area contributed by atoms with Crippen molar-refractivity contribution in [2.75, 3.05) is 13.2 Å². The van der Waals surface area contributed by atoms with Crippen LogP contribution in [-0.2, 0) is 24.3 Å². The van der Waals surface area contributed by atoms with Crippen LogP contribution in [0.15, 0.2) is 23.3 Å². The van der Waals surface area contributed by atoms with Crippen LogP contribution in [0.3, 0.4) is 0 Å². The lowest BCUT2D eigenvalue weighted by molar-refractivity contribution is -0.239. The number of aliphatic hydroxyl groups is 1. The van der Waals surface area contributed by atoms with Crippen molar-refractivity contribution < 1.29 is 27.9 Å². The van der Waals surface area contributed by atoms with Gasteiger partial charge < -0.3 is 9.84 Å². The molecule has 1 saturated heterocycles. The number of sulfonamides is 1. The Bertz CT molecular complexity index is 1520. The second kappa shape index (κ2) is 9.59. The van der Waals surface area contributed by atoms with Crippen LogP contribution < -0.4 is 4.72 Å². The molecule has 0 aromatic rings. The predicted molar refractivity (Wildman–Crippen MR) is 167 cm³/mol. The molecule has 1 aliphatic heterocycles. The van der Waals surface area contributed by atoms with Gasteiger partial charge in [-0.3, -0.25) is 9.59 Å². The first-order valence-corrected chi connectivity index (χ1v) is 18.1. The van der Waals surface area contributed by atoms with Crippen molar-refractivity contribution in [2.24, 2.45) is 38.9 Å². The number of allylic oxidation sites excluding steroid dienone is 3. The molecule has 0 aromatic heterocycles. The summed E-state index contributed by atoms with van der Waals surface area (Å²) in [6, 6.07) is 2.14. The number of fused-ring (bicyclic) bond motifs is 7. The molecule has 1 heterocycles. The third-order valence-corrected chi connectivity index (χ3v) is 16.4. The molecular weight excluding hydrogens is 576 g/mol. The minimum absolute atomic E-state index is 0.0760. The zero-order valence-electron chi connectivity index (χ0n) is 27.5. The summed E-state index contributed by atoms with van der Waals surface area (Å²) >= 11 is 0. The molecule has 8 atom stereocenters. The summed E-state index contributed by atoms with van der Waals surface area (Å²) in [6.07, 6.45) is 9.10. The van der Waals surface area contributed by atoms with Crippen molar-refractivity contribution in [2.45, 2.75) is 123 Å². The molecule has 0 unspecified atom stereocenters. The van der Waals surface area contributed by atoms with E-state index in [2.05, 4.69) is 38.5 Å². The van der Waals surface area contributed by atoms with Crippen LogP contribution in [-0.4, -0.2) is 54.7 Å². The molecule has 9 heteroatoms. The smallest absolute Gasteiger partial charge is 0.215 e. The summed E-state index contributed by atoms with van der Waals surface area (Å²) in [5.74, 6) is -0.974. The highest BCUT2D eigenvalue weighted by atomic mass is 32.2. The van der Waals surface area contributed by atoms with Crippen LogP contribution in [0.2, 0.25) is 0 Å². The number of ketones is 2. The largest absolute Gasteiger partial charge is 0.381 e. The van der Waals surface area contributed by atoms with Gasteiger partial charge in [-0.1, -0.05) is 47.6 Å². The van der Waals surface area contributed by atoms with Gasteiger partial charge in [-0.2, -0.15) is 5.26 Å². The van der Waals surface area contributed by atoms with Gasteiger partial charge in [0.15, 0.2) is 11.6 Å². The minimum Gasteiger partial charge on any atom is -0.381 e. The first-order chi connectivity index (χ1) is 20.2. The standard InChI is InChI=1S/C35H50N2O6S/c1-29(2)24-8-11-33(6)25(32(24,5)19-22(21-36)28(29)39)18-27(38)35(40)26-20-31(4,14-12-30(26,3)13-15-34(33,35)7)37-44(41,42)23-9-16-43-17-10-23/h18-19,23-24,26,37,40H,8-17,20H2,1-7H3/t24-,26+,30-,31-,32-,33+,34-,35+/m0/s1. The number of hydrogen-bond donors (Lipinski definition) is 2. The number of nitrogens with zero attached hydrogens (tertiary/aromatic N) is 1. The zero-order chi connectivity index (χ0) is 32.4. The number of hydrogen-bond acceptors (Lipinski definition) is 7. The lowest BCUT2D eigenvalue weighted by Gasteiger charge is -2.71. The van der Waals surface area contributed by atoms with Crippen LogP contribution in [0.1, 0.15) is 106 Å². The summed E-state index contributed by atoms with van der Waals surface area (Å²) in [5.41, 5.74) is -4.54. The molecule has 0 aromatic carbocycles. The van der Waals surface area contributed by atoms with Gasteiger partial charge in [0.05, 0.1) is 10.8 Å². The van der Waals surface area contributed by atoms with Gasteiger partial charge in [0.25, 0.3) is 0 Å². The Morgan fingerprint density at radius 3 is 2.20 bits per heavy atom. The molecule has 0 amide bonds. The van der Waals surface area contributed by atoms with Gasteiger partial charge in [-0.15, -0.1) is 0 Å². The molecule has 0 bridgehead atoms. The van der Waals surface area contributed by atoms with E-state index in [4.69, 9.17) is 4.74 Å². The third kappa shape index (κ3) is 3.99. The molecule has 8 nitrogen and oxygen atoms in total. The van der Waals surface area contributed by atoms with E-state index >= 15 is 0 Å². The van der Waals surface area contributed by atoms with Gasteiger partial charge in [0.1, 0.15) is 11.7 Å². The van der Waals surface area contributed by atoms with Crippen molar-refractivity contribution in [3.05, 3.63) is 23.3 Å². The zero-order valence-corrected chi connectivity index (χ0v) is 28.3. The Morgan fingerprint density at radius 1 is 0.932 bits per heavy atom. The van der Waals surface area contributed by atoms with Crippen molar-refractivity contribution in [1.82, 2.24) is 4.72 Å². The van der Waals surface area contributed by atoms with Gasteiger partial charge in [-0.05, 0) is 93.1 Å². The van der Waals surface area contributed by atoms with E-state index in [9.17, 15) is 28.4 Å². The van der Waals surface area contributed by atoms with Crippen LogP contribution in [0.25, 0.3) is 0 Å². The summed E-state index contributed by atoms with van der Waals surface area (Å²) in [7, 11) is -3.62. The van der Waals surface area contributed by atoms with Gasteiger partial charge in [-0.25, -0.2) is 13.1 Å². The first-order valence-electron chi connectivity index (χ1n) is 16.5. The van der Waals surface area contributed by atoms with Crippen molar-refractivity contribution in [1.29, 1.82) is 5.26 Å². The number of nitriles is 1. The maximum Gasteiger partial charge on any atom is 0.215 e. The van der Waals surface area contributed by atoms with E-state index in [0.29, 0.717) is 58.2 Å². The average molecular weight is 627 g/mol. The van der Waals surface area contributed by atoms with Crippen LogP contribution in [0, 0.1) is 50.2 Å². The molecule has 4 fully saturated rings. The second-order valence-electron chi connectivity index (χ2n) is 16.9. The fourth-order valence-corrected chi connectivity index (χ4v) is 13.1. The van der Waals surface area contributed by atoms with Crippen LogP contribution in [0.5, 0.6) is 0 Å². The van der Waals surface area contributed by atoms with E-state index in [1.807, 2.05) is 26.8 Å². The number of rotatable bonds is 3. The van der Waals surface area contributed by atoms with Crippen LogP contribution in [0.4, 0.5) is 0 Å². The molecule has 0 radical (unpaired) electrons. The predicted octanol–water partition coefficient (Wildman–Crippen LogP) is 5.17. The summed E-state index contributed by atoms with van der Waals surface area (Å²) in [6.45, 7) is 15.1. The van der Waals surface area contributed by atoms with E-state index in [0.717, 1.165) is 18.4 Å². The summed E-state index contributed by atoms with van der Waals surface area (Å²) < 4.78 is 35.6. The Morgan fingerprint density at radius 2 is 1.57 bits per heavy atom. The SMILES string of the molecule is CC1(C)C(=O)C(C#N)=C[C@]2(C)C3=CC(=O)[C@]4(O)[C@@H]5C[C@@](C)(NS(=O)(=O)C6CCOCC6)CC[C@@]5(C)CC[C@@]4(C)[C@]3(C)CC[C@@H]12. The Kier molecular flexibility index (Phi) is 7.00. The topological polar surface area (TPSA) is 134 Å². The van der Waals surface area contributed by atoms with Crippen molar-refractivity contribution >= 4 is 21.6 Å². The molecule has 44 heavy (non-hydrogen) atoms. The Labute approximate surface area is 263 Å². The second-order valence-corrected chi connectivity index (χ2v) is 18.8. The molecule has 242 valence electrons. The number of nitrogens with one attached hydrogen (secondary N) is 1. The lowest BCUT2D eigenvalue weighted by atomic mass is 9.33. The maximum atomic E-state index is 14.7. The Hall–Kier alpha value is -1.86. The molecule has 6 rings (SSSR count). The highest BCUT2D eigenvalue weighted by Gasteiger charge is 2.75. The number of Topliss-reactive ketones (excluding diaryl/α,β-unsaturated/α-hetero) is 1. The molecule has 2 N–H and O–H groups in total. The van der Waals surface area contributed by atoms with E-state index in [1.54, 1.807) is 6.08 Å². The van der Waals surface area contributed by atoms with E-state index in [-0.39, 0.29) is 28.5 Å². The van der Waals surface area contributed by atoms with Crippen molar-refractivity contribution in [3.63, 3.8) is 0 Å². The normalized spacial score (nSPS) is 47.2. The first kappa shape index (κ1) is 32.1. The highest BCUT2D eigenvalue weighted by molar-refractivity contribution is 7.90. The lowest BCUT2D eigenvalue weighted by Crippen LogP contribution is -2.74. The summed E-state index contributed by atoms with van der Waals surface area (Å²) in [4.78, 5) is 28.0. The quantitative estimate of drug-likeness (QED) is 0.441. The monoisotopic (exact) mass is 626 g/mol.